The minimum absolute atomic E-state index is 1.06. The van der Waals surface area contributed by atoms with E-state index < -0.39 is 0 Å². The van der Waals surface area contributed by atoms with Crippen LogP contribution in [0.3, 0.4) is 0 Å². The number of hydrogen-bond donors (Lipinski definition) is 0. The lowest BCUT2D eigenvalue weighted by Gasteiger charge is -1.91. The van der Waals surface area contributed by atoms with Crippen molar-refractivity contribution in [2.45, 2.75) is 36.2 Å². The van der Waals surface area contributed by atoms with Crippen LogP contribution >= 0.6 is 21.6 Å². The summed E-state index contributed by atoms with van der Waals surface area (Å²) in [6.07, 6.45) is 5.96. The Morgan fingerprint density at radius 2 is 1.12 bits per heavy atom. The first-order chi connectivity index (χ1) is 3.95. The Bertz CT molecular complexity index is 72.5. The summed E-state index contributed by atoms with van der Waals surface area (Å²) in [6.45, 7) is 0. The molecule has 0 unspecified atom stereocenters. The zero-order valence-electron chi connectivity index (χ0n) is 4.80. The second-order valence-electron chi connectivity index (χ2n) is 2.59. The summed E-state index contributed by atoms with van der Waals surface area (Å²) in [6, 6.07) is 0. The zero-order valence-corrected chi connectivity index (χ0v) is 6.43. The molecule has 0 aromatic rings. The molecule has 0 atom stereocenters. The van der Waals surface area contributed by atoms with Gasteiger partial charge in [0.25, 0.3) is 0 Å². The molecule has 0 aromatic carbocycles. The number of hydrogen-bond acceptors (Lipinski definition) is 2. The SMILES string of the molecule is C1CC1SSC1CC1. The van der Waals surface area contributed by atoms with E-state index in [2.05, 4.69) is 21.6 Å². The fourth-order valence-corrected chi connectivity index (χ4v) is 3.55. The number of rotatable bonds is 3. The van der Waals surface area contributed by atoms with E-state index in [4.69, 9.17) is 0 Å². The van der Waals surface area contributed by atoms with E-state index in [0.29, 0.717) is 0 Å². The predicted molar refractivity (Wildman–Crippen MR) is 41.2 cm³/mol. The van der Waals surface area contributed by atoms with Crippen LogP contribution in [0.1, 0.15) is 25.7 Å². The Morgan fingerprint density at radius 1 is 0.750 bits per heavy atom. The summed E-state index contributed by atoms with van der Waals surface area (Å²) >= 11 is 0. The van der Waals surface area contributed by atoms with E-state index in [9.17, 15) is 0 Å². The van der Waals surface area contributed by atoms with Gasteiger partial charge in [-0.3, -0.25) is 0 Å². The van der Waals surface area contributed by atoms with Gasteiger partial charge >= 0.3 is 0 Å². The summed E-state index contributed by atoms with van der Waals surface area (Å²) in [5.41, 5.74) is 0. The van der Waals surface area contributed by atoms with Gasteiger partial charge in [0.2, 0.25) is 0 Å². The van der Waals surface area contributed by atoms with Crippen LogP contribution in [0.15, 0.2) is 0 Å². The normalized spacial score (nSPS) is 28.5. The van der Waals surface area contributed by atoms with Gasteiger partial charge in [-0.1, -0.05) is 21.6 Å². The molecule has 46 valence electrons. The molecule has 0 bridgehead atoms. The largest absolute Gasteiger partial charge is 0.0904 e. The average Bonchev–Trinajstić information content (AvgIpc) is 2.60. The highest BCUT2D eigenvalue weighted by Gasteiger charge is 2.28. The molecule has 2 rings (SSSR count). The van der Waals surface area contributed by atoms with Crippen molar-refractivity contribution in [1.82, 2.24) is 0 Å². The summed E-state index contributed by atoms with van der Waals surface area (Å²) in [7, 11) is 4.26. The molecule has 0 spiro atoms. The molecule has 2 heteroatoms. The van der Waals surface area contributed by atoms with Gasteiger partial charge in [-0.25, -0.2) is 0 Å². The van der Waals surface area contributed by atoms with Crippen LogP contribution in [0.25, 0.3) is 0 Å². The van der Waals surface area contributed by atoms with Gasteiger partial charge in [0.05, 0.1) is 0 Å². The molecule has 0 N–H and O–H groups in total. The van der Waals surface area contributed by atoms with E-state index in [1.807, 2.05) is 0 Å². The van der Waals surface area contributed by atoms with Gasteiger partial charge in [-0.05, 0) is 25.7 Å². The van der Waals surface area contributed by atoms with Gasteiger partial charge < -0.3 is 0 Å². The predicted octanol–water partition coefficient (Wildman–Crippen LogP) is 2.69. The lowest BCUT2D eigenvalue weighted by atomic mass is 11.0. The maximum Gasteiger partial charge on any atom is 0.0152 e. The summed E-state index contributed by atoms with van der Waals surface area (Å²) in [5, 5.41) is 2.11. The quantitative estimate of drug-likeness (QED) is 0.561. The lowest BCUT2D eigenvalue weighted by molar-refractivity contribution is 1.50. The Balaban J connectivity index is 1.56. The molecule has 0 saturated heterocycles. The molecule has 2 saturated carbocycles. The van der Waals surface area contributed by atoms with Crippen LogP contribution < -0.4 is 0 Å². The van der Waals surface area contributed by atoms with E-state index in [1.54, 1.807) is 0 Å². The zero-order chi connectivity index (χ0) is 5.40. The molecule has 0 aromatic heterocycles. The minimum Gasteiger partial charge on any atom is -0.0904 e. The van der Waals surface area contributed by atoms with Gasteiger partial charge in [0.15, 0.2) is 0 Å². The fraction of sp³-hybridized carbons (Fsp3) is 1.00. The Hall–Kier alpha value is 0.700. The van der Waals surface area contributed by atoms with Crippen molar-refractivity contribution in [3.63, 3.8) is 0 Å². The van der Waals surface area contributed by atoms with Gasteiger partial charge in [-0.15, -0.1) is 0 Å². The van der Waals surface area contributed by atoms with Crippen molar-refractivity contribution in [2.75, 3.05) is 0 Å². The molecule has 0 heterocycles. The van der Waals surface area contributed by atoms with Gasteiger partial charge in [-0.2, -0.15) is 0 Å². The highest BCUT2D eigenvalue weighted by atomic mass is 33.1. The molecular weight excluding hydrogens is 136 g/mol. The molecular formula is C6H10S2. The topological polar surface area (TPSA) is 0 Å². The first-order valence-corrected chi connectivity index (χ1v) is 5.55. The Morgan fingerprint density at radius 3 is 1.38 bits per heavy atom. The standard InChI is InChI=1S/C6H10S2/c1-2-5(1)7-8-6-3-4-6/h5-6H,1-4H2. The average molecular weight is 146 g/mol. The molecule has 0 aliphatic heterocycles. The van der Waals surface area contributed by atoms with E-state index >= 15 is 0 Å². The van der Waals surface area contributed by atoms with Crippen LogP contribution in [-0.4, -0.2) is 10.5 Å². The summed E-state index contributed by atoms with van der Waals surface area (Å²) in [4.78, 5) is 0. The Labute approximate surface area is 58.2 Å². The van der Waals surface area contributed by atoms with Gasteiger partial charge in [0.1, 0.15) is 0 Å². The minimum atomic E-state index is 1.06. The third kappa shape index (κ3) is 1.59. The second kappa shape index (κ2) is 2.14. The molecule has 8 heavy (non-hydrogen) atoms. The van der Waals surface area contributed by atoms with E-state index in [-0.39, 0.29) is 0 Å². The van der Waals surface area contributed by atoms with Crippen molar-refractivity contribution in [1.29, 1.82) is 0 Å². The lowest BCUT2D eigenvalue weighted by Crippen LogP contribution is -1.67. The van der Waals surface area contributed by atoms with Crippen LogP contribution in [0.4, 0.5) is 0 Å². The van der Waals surface area contributed by atoms with Gasteiger partial charge in [0, 0.05) is 10.5 Å². The van der Waals surface area contributed by atoms with Crippen molar-refractivity contribution >= 4 is 21.6 Å². The summed E-state index contributed by atoms with van der Waals surface area (Å²) in [5.74, 6) is 0. The molecule has 0 radical (unpaired) electrons. The first kappa shape index (κ1) is 5.48. The Kier molecular flexibility index (Phi) is 1.47. The monoisotopic (exact) mass is 146 g/mol. The molecule has 0 amide bonds. The maximum absolute atomic E-state index is 2.13. The molecule has 0 nitrogen and oxygen atoms in total. The third-order valence-corrected chi connectivity index (χ3v) is 4.94. The summed E-state index contributed by atoms with van der Waals surface area (Å²) < 4.78 is 0. The highest BCUT2D eigenvalue weighted by Crippen LogP contribution is 2.49. The maximum atomic E-state index is 2.13. The van der Waals surface area contributed by atoms with E-state index in [0.717, 1.165) is 10.5 Å². The van der Waals surface area contributed by atoms with Crippen molar-refractivity contribution in [3.05, 3.63) is 0 Å². The van der Waals surface area contributed by atoms with Crippen molar-refractivity contribution < 1.29 is 0 Å². The third-order valence-electron chi connectivity index (χ3n) is 1.38. The fourth-order valence-electron chi connectivity index (χ4n) is 0.486. The van der Waals surface area contributed by atoms with Crippen molar-refractivity contribution in [3.8, 4) is 0 Å². The molecule has 2 aliphatic carbocycles. The van der Waals surface area contributed by atoms with Crippen molar-refractivity contribution in [2.24, 2.45) is 0 Å². The van der Waals surface area contributed by atoms with E-state index in [1.165, 1.54) is 25.7 Å². The smallest absolute Gasteiger partial charge is 0.0152 e. The van der Waals surface area contributed by atoms with Crippen LogP contribution in [0, 0.1) is 0 Å². The first-order valence-electron chi connectivity index (χ1n) is 3.27. The highest BCUT2D eigenvalue weighted by molar-refractivity contribution is 8.77. The molecule has 2 aliphatic rings. The van der Waals surface area contributed by atoms with Crippen LogP contribution in [0.5, 0.6) is 0 Å². The van der Waals surface area contributed by atoms with Crippen LogP contribution in [0.2, 0.25) is 0 Å². The van der Waals surface area contributed by atoms with Crippen LogP contribution in [-0.2, 0) is 0 Å². The molecule has 2 fully saturated rings. The second-order valence-corrected chi connectivity index (χ2v) is 5.46.